The maximum atomic E-state index is 13.5. The van der Waals surface area contributed by atoms with Gasteiger partial charge in [-0.25, -0.2) is 14.3 Å². The van der Waals surface area contributed by atoms with Crippen LogP contribution < -0.4 is 5.84 Å². The predicted molar refractivity (Wildman–Crippen MR) is 134 cm³/mol. The molecule has 2 atom stereocenters. The largest absolute Gasteiger partial charge is 0.331 e. The molecule has 2 amide bonds. The molecule has 0 spiro atoms. The Hall–Kier alpha value is -2.83. The van der Waals surface area contributed by atoms with E-state index in [2.05, 4.69) is 6.58 Å². The predicted octanol–water partition coefficient (Wildman–Crippen LogP) is 2.43. The molecule has 1 aromatic rings. The van der Waals surface area contributed by atoms with Crippen molar-refractivity contribution >= 4 is 27.5 Å². The van der Waals surface area contributed by atoms with E-state index in [1.807, 2.05) is 6.92 Å². The lowest BCUT2D eigenvalue weighted by Gasteiger charge is -2.29. The number of benzene rings is 1. The summed E-state index contributed by atoms with van der Waals surface area (Å²) in [6, 6.07) is 4.57. The van der Waals surface area contributed by atoms with Gasteiger partial charge in [-0.3, -0.25) is 24.7 Å². The van der Waals surface area contributed by atoms with Gasteiger partial charge in [-0.1, -0.05) is 25.1 Å². The van der Waals surface area contributed by atoms with Crippen molar-refractivity contribution in [1.29, 1.82) is 0 Å². The van der Waals surface area contributed by atoms with Gasteiger partial charge in [-0.2, -0.15) is 4.31 Å². The van der Waals surface area contributed by atoms with Crippen molar-refractivity contribution in [3.8, 4) is 0 Å². The normalized spacial score (nSPS) is 18.8. The number of carbonyl (C=O) groups excluding carboxylic acids is 2. The summed E-state index contributed by atoms with van der Waals surface area (Å²) in [6.07, 6.45) is 5.69. The molecule has 0 aromatic heterocycles. The molecule has 3 rings (SSSR count). The quantitative estimate of drug-likeness (QED) is 0.138. The van der Waals surface area contributed by atoms with E-state index < -0.39 is 31.6 Å². The highest BCUT2D eigenvalue weighted by atomic mass is 32.2. The van der Waals surface area contributed by atoms with Crippen LogP contribution in [0.5, 0.6) is 0 Å². The fourth-order valence-corrected chi connectivity index (χ4v) is 6.05. The Kier molecular flexibility index (Phi) is 9.20. The zero-order valence-corrected chi connectivity index (χ0v) is 21.4. The van der Waals surface area contributed by atoms with Crippen molar-refractivity contribution in [3.05, 3.63) is 47.0 Å². The van der Waals surface area contributed by atoms with Gasteiger partial charge in [-0.05, 0) is 50.5 Å². The zero-order chi connectivity index (χ0) is 26.5. The average molecular weight is 522 g/mol. The maximum absolute atomic E-state index is 13.5. The Balaban J connectivity index is 1.75. The van der Waals surface area contributed by atoms with E-state index in [9.17, 15) is 28.1 Å². The standard InChI is InChI=1S/C24H35N5O6S/c1-3-18(2)8-6-15-26(36(34,35)22-11-5-4-9-20(22)29(32)33)17-14-23(30)27-16-7-10-21(27)24(31)28(25)19-12-13-19/h3-5,9,11,18-19,21H,1,6-8,10,12-17,25H2,2H3. The number of nitro groups is 1. The molecule has 1 aliphatic heterocycles. The number of nitro benzene ring substituents is 1. The molecule has 1 heterocycles. The molecule has 1 saturated carbocycles. The zero-order valence-electron chi connectivity index (χ0n) is 20.6. The molecular weight excluding hydrogens is 486 g/mol. The van der Waals surface area contributed by atoms with Gasteiger partial charge in [0.1, 0.15) is 6.04 Å². The number of carbonyl (C=O) groups is 2. The molecule has 2 unspecified atom stereocenters. The van der Waals surface area contributed by atoms with Crippen molar-refractivity contribution in [2.75, 3.05) is 19.6 Å². The minimum atomic E-state index is -4.25. The SMILES string of the molecule is C=CC(C)CCCN(CCC(=O)N1CCCC1C(=O)N(N)C1CC1)S(=O)(=O)c1ccccc1[N+](=O)[O-]. The van der Waals surface area contributed by atoms with E-state index in [4.69, 9.17) is 5.84 Å². The number of amides is 2. The van der Waals surface area contributed by atoms with Crippen LogP contribution in [0.1, 0.15) is 51.9 Å². The first-order valence-electron chi connectivity index (χ1n) is 12.3. The average Bonchev–Trinajstić information content (AvgIpc) is 3.60. The van der Waals surface area contributed by atoms with Gasteiger partial charge in [0.2, 0.25) is 15.9 Å². The summed E-state index contributed by atoms with van der Waals surface area (Å²) in [6.45, 7) is 6.05. The monoisotopic (exact) mass is 521 g/mol. The van der Waals surface area contributed by atoms with Crippen LogP contribution in [-0.4, -0.2) is 71.1 Å². The molecule has 11 nitrogen and oxygen atoms in total. The van der Waals surface area contributed by atoms with Crippen LogP contribution in [0.4, 0.5) is 5.69 Å². The van der Waals surface area contributed by atoms with Gasteiger partial charge in [0.15, 0.2) is 4.90 Å². The van der Waals surface area contributed by atoms with E-state index in [-0.39, 0.29) is 43.3 Å². The fraction of sp³-hybridized carbons (Fsp3) is 0.583. The summed E-state index contributed by atoms with van der Waals surface area (Å²) in [7, 11) is -4.25. The summed E-state index contributed by atoms with van der Waals surface area (Å²) in [5, 5.41) is 12.7. The van der Waals surface area contributed by atoms with E-state index in [0.29, 0.717) is 32.2 Å². The van der Waals surface area contributed by atoms with E-state index in [1.165, 1.54) is 28.1 Å². The fourth-order valence-electron chi connectivity index (χ4n) is 4.42. The number of rotatable bonds is 13. The van der Waals surface area contributed by atoms with Crippen molar-refractivity contribution in [3.63, 3.8) is 0 Å². The highest BCUT2D eigenvalue weighted by molar-refractivity contribution is 7.89. The van der Waals surface area contributed by atoms with Crippen molar-refractivity contribution in [1.82, 2.24) is 14.2 Å². The number of hydrogen-bond donors (Lipinski definition) is 1. The third-order valence-corrected chi connectivity index (χ3v) is 8.72. The van der Waals surface area contributed by atoms with Crippen LogP contribution >= 0.6 is 0 Å². The Bertz CT molecular complexity index is 1090. The number of hydrazine groups is 1. The Morgan fingerprint density at radius 2 is 1.97 bits per heavy atom. The lowest BCUT2D eigenvalue weighted by Crippen LogP contribution is -2.51. The Morgan fingerprint density at radius 1 is 1.28 bits per heavy atom. The summed E-state index contributed by atoms with van der Waals surface area (Å²) in [5.74, 6) is 5.48. The van der Waals surface area contributed by atoms with Crippen LogP contribution in [-0.2, 0) is 19.6 Å². The van der Waals surface area contributed by atoms with Gasteiger partial charge < -0.3 is 4.90 Å². The second kappa shape index (κ2) is 11.9. The van der Waals surface area contributed by atoms with Gasteiger partial charge in [0.25, 0.3) is 11.6 Å². The summed E-state index contributed by atoms with van der Waals surface area (Å²) < 4.78 is 28.1. The lowest BCUT2D eigenvalue weighted by molar-refractivity contribution is -0.387. The highest BCUT2D eigenvalue weighted by Gasteiger charge is 2.40. The number of nitrogens with two attached hydrogens (primary N) is 1. The molecule has 1 aliphatic carbocycles. The third-order valence-electron chi connectivity index (χ3n) is 6.78. The minimum absolute atomic E-state index is 0.0234. The van der Waals surface area contributed by atoms with E-state index >= 15 is 0 Å². The van der Waals surface area contributed by atoms with Gasteiger partial charge in [0, 0.05) is 38.2 Å². The molecule has 2 fully saturated rings. The van der Waals surface area contributed by atoms with Crippen molar-refractivity contribution in [2.45, 2.75) is 68.8 Å². The van der Waals surface area contributed by atoms with Crippen LogP contribution in [0.3, 0.4) is 0 Å². The van der Waals surface area contributed by atoms with E-state index in [0.717, 1.165) is 23.2 Å². The van der Waals surface area contributed by atoms with Gasteiger partial charge in [0.05, 0.1) is 4.92 Å². The second-order valence-corrected chi connectivity index (χ2v) is 11.4. The van der Waals surface area contributed by atoms with Gasteiger partial charge >= 0.3 is 0 Å². The smallest absolute Gasteiger partial charge is 0.289 e. The number of hydrogen-bond acceptors (Lipinski definition) is 7. The number of nitrogens with zero attached hydrogens (tertiary/aromatic N) is 4. The molecule has 198 valence electrons. The molecule has 12 heteroatoms. The summed E-state index contributed by atoms with van der Waals surface area (Å²) in [4.78, 5) is 37.7. The number of para-hydroxylation sites is 1. The van der Waals surface area contributed by atoms with Crippen LogP contribution in [0, 0.1) is 16.0 Å². The minimum Gasteiger partial charge on any atom is -0.331 e. The number of sulfonamides is 1. The number of likely N-dealkylation sites (tertiary alicyclic amines) is 1. The third kappa shape index (κ3) is 6.48. The molecule has 36 heavy (non-hydrogen) atoms. The highest BCUT2D eigenvalue weighted by Crippen LogP contribution is 2.29. The first kappa shape index (κ1) is 27.8. The van der Waals surface area contributed by atoms with Crippen molar-refractivity contribution < 1.29 is 22.9 Å². The maximum Gasteiger partial charge on any atom is 0.289 e. The second-order valence-electron chi connectivity index (χ2n) is 9.46. The molecule has 1 aromatic carbocycles. The first-order valence-corrected chi connectivity index (χ1v) is 13.7. The summed E-state index contributed by atoms with van der Waals surface area (Å²) in [5.41, 5.74) is -0.512. The lowest BCUT2D eigenvalue weighted by atomic mass is 10.1. The Labute approximate surface area is 212 Å². The topological polar surface area (TPSA) is 147 Å². The molecule has 2 N–H and O–H groups in total. The van der Waals surface area contributed by atoms with Crippen LogP contribution in [0.2, 0.25) is 0 Å². The molecular formula is C24H35N5O6S. The van der Waals surface area contributed by atoms with Crippen LogP contribution in [0.15, 0.2) is 41.8 Å². The molecule has 1 saturated heterocycles. The molecule has 0 bridgehead atoms. The molecule has 0 radical (unpaired) electrons. The van der Waals surface area contributed by atoms with Gasteiger partial charge in [-0.15, -0.1) is 6.58 Å². The van der Waals surface area contributed by atoms with E-state index in [1.54, 1.807) is 6.08 Å². The molecule has 2 aliphatic rings. The number of allylic oxidation sites excluding steroid dienone is 1. The summed E-state index contributed by atoms with van der Waals surface area (Å²) >= 11 is 0. The Morgan fingerprint density at radius 3 is 2.61 bits per heavy atom. The van der Waals surface area contributed by atoms with Crippen molar-refractivity contribution in [2.24, 2.45) is 11.8 Å². The first-order chi connectivity index (χ1) is 17.1. The van der Waals surface area contributed by atoms with Crippen LogP contribution in [0.25, 0.3) is 0 Å².